The highest BCUT2D eigenvalue weighted by molar-refractivity contribution is 9.10. The van der Waals surface area contributed by atoms with Crippen molar-refractivity contribution in [3.63, 3.8) is 0 Å². The molecule has 0 amide bonds. The minimum Gasteiger partial charge on any atom is -0.202 e. The lowest BCUT2D eigenvalue weighted by Crippen LogP contribution is -1.78. The second-order valence-corrected chi connectivity index (χ2v) is 3.33. The van der Waals surface area contributed by atoms with E-state index in [-0.39, 0.29) is 5.56 Å². The molecule has 64 valence electrons. The quantitative estimate of drug-likeness (QED) is 0.702. The van der Waals surface area contributed by atoms with Crippen LogP contribution in [0.1, 0.15) is 5.56 Å². The van der Waals surface area contributed by atoms with Crippen LogP contribution in [-0.4, -0.2) is 0 Å². The van der Waals surface area contributed by atoms with Gasteiger partial charge in [0, 0.05) is 10.0 Å². The Morgan fingerprint density at radius 2 is 2.00 bits per heavy atom. The highest BCUT2D eigenvalue weighted by Crippen LogP contribution is 2.25. The summed E-state index contributed by atoms with van der Waals surface area (Å²) in [5.41, 5.74) is 0.122. The van der Waals surface area contributed by atoms with Crippen LogP contribution in [0.15, 0.2) is 34.0 Å². The molecule has 0 spiro atoms. The van der Waals surface area contributed by atoms with E-state index in [4.69, 9.17) is 11.6 Å². The maximum atomic E-state index is 12.8. The molecule has 0 heterocycles. The van der Waals surface area contributed by atoms with Gasteiger partial charge in [-0.1, -0.05) is 28.1 Å². The number of benzene rings is 1. The van der Waals surface area contributed by atoms with Gasteiger partial charge in [-0.15, -0.1) is 0 Å². The Morgan fingerprint density at radius 3 is 2.50 bits per heavy atom. The lowest BCUT2D eigenvalue weighted by atomic mass is 10.2. The highest BCUT2D eigenvalue weighted by Gasteiger charge is 2.05. The van der Waals surface area contributed by atoms with E-state index in [1.165, 1.54) is 12.1 Å². The monoisotopic (exact) mass is 252 g/mol. The van der Waals surface area contributed by atoms with Gasteiger partial charge in [0.25, 0.3) is 0 Å². The molecule has 1 aromatic carbocycles. The lowest BCUT2D eigenvalue weighted by molar-refractivity contribution is 0.651. The molecule has 0 saturated heterocycles. The van der Waals surface area contributed by atoms with Crippen LogP contribution in [0, 0.1) is 0 Å². The zero-order valence-electron chi connectivity index (χ0n) is 5.82. The van der Waals surface area contributed by atoms with Gasteiger partial charge in [0.2, 0.25) is 5.29 Å². The third-order valence-electron chi connectivity index (χ3n) is 1.24. The van der Waals surface area contributed by atoms with E-state index in [9.17, 15) is 8.78 Å². The smallest absolute Gasteiger partial charge is 0.202 e. The molecule has 1 rings (SSSR count). The fourth-order valence-corrected chi connectivity index (χ4v) is 1.24. The van der Waals surface area contributed by atoms with Crippen molar-refractivity contribution in [1.29, 1.82) is 0 Å². The van der Waals surface area contributed by atoms with Crippen LogP contribution < -0.4 is 0 Å². The summed E-state index contributed by atoms with van der Waals surface area (Å²) in [5.74, 6) is -1.04. The van der Waals surface area contributed by atoms with Gasteiger partial charge in [0.15, 0.2) is 5.83 Å². The van der Waals surface area contributed by atoms with E-state index in [0.29, 0.717) is 4.47 Å². The van der Waals surface area contributed by atoms with E-state index in [1.54, 1.807) is 12.1 Å². The molecule has 0 aliphatic heterocycles. The summed E-state index contributed by atoms with van der Waals surface area (Å²) in [5, 5.41) is -1.33. The van der Waals surface area contributed by atoms with Gasteiger partial charge in [-0.2, -0.15) is 4.39 Å². The number of halogens is 4. The average Bonchev–Trinajstić information content (AvgIpc) is 2.03. The summed E-state index contributed by atoms with van der Waals surface area (Å²) in [6.07, 6.45) is 0. The highest BCUT2D eigenvalue weighted by atomic mass is 79.9. The molecule has 0 atom stereocenters. The molecule has 0 bridgehead atoms. The molecule has 0 saturated carbocycles. The minimum atomic E-state index is -1.33. The first-order valence-electron chi connectivity index (χ1n) is 3.08. The summed E-state index contributed by atoms with van der Waals surface area (Å²) in [4.78, 5) is 0. The van der Waals surface area contributed by atoms with E-state index >= 15 is 0 Å². The summed E-state index contributed by atoms with van der Waals surface area (Å²) in [7, 11) is 0. The van der Waals surface area contributed by atoms with Gasteiger partial charge >= 0.3 is 0 Å². The number of hydrogen-bond donors (Lipinski definition) is 0. The second kappa shape index (κ2) is 4.01. The minimum absolute atomic E-state index is 0.122. The van der Waals surface area contributed by atoms with Gasteiger partial charge in [-0.3, -0.25) is 0 Å². The second-order valence-electron chi connectivity index (χ2n) is 2.08. The van der Waals surface area contributed by atoms with E-state index in [1.807, 2.05) is 0 Å². The SMILES string of the molecule is FC(Cl)=C(F)c1cccc(Br)c1. The maximum absolute atomic E-state index is 12.8. The van der Waals surface area contributed by atoms with Crippen molar-refractivity contribution >= 4 is 33.4 Å². The van der Waals surface area contributed by atoms with Gasteiger partial charge in [-0.25, -0.2) is 4.39 Å². The van der Waals surface area contributed by atoms with Gasteiger partial charge in [0.1, 0.15) is 0 Å². The first kappa shape index (κ1) is 9.68. The molecule has 0 fully saturated rings. The van der Waals surface area contributed by atoms with Gasteiger partial charge in [-0.05, 0) is 23.7 Å². The van der Waals surface area contributed by atoms with Crippen molar-refractivity contribution in [2.24, 2.45) is 0 Å². The van der Waals surface area contributed by atoms with Crippen molar-refractivity contribution in [3.8, 4) is 0 Å². The summed E-state index contributed by atoms with van der Waals surface area (Å²) < 4.78 is 25.6. The van der Waals surface area contributed by atoms with Crippen molar-refractivity contribution in [2.75, 3.05) is 0 Å². The Bertz CT molecular complexity index is 319. The molecule has 12 heavy (non-hydrogen) atoms. The summed E-state index contributed by atoms with van der Waals surface area (Å²) in [6, 6.07) is 6.18. The first-order valence-corrected chi connectivity index (χ1v) is 4.25. The lowest BCUT2D eigenvalue weighted by Gasteiger charge is -1.96. The van der Waals surface area contributed by atoms with E-state index < -0.39 is 11.1 Å². The molecule has 0 unspecified atom stereocenters. The van der Waals surface area contributed by atoms with Gasteiger partial charge in [0.05, 0.1) is 0 Å². The molecule has 0 aromatic heterocycles. The third-order valence-corrected chi connectivity index (χ3v) is 1.90. The Kier molecular flexibility index (Phi) is 3.23. The molecular formula is C8H4BrClF2. The van der Waals surface area contributed by atoms with Crippen LogP contribution in [0.2, 0.25) is 0 Å². The molecule has 4 heteroatoms. The average molecular weight is 253 g/mol. The number of hydrogen-bond acceptors (Lipinski definition) is 0. The predicted molar refractivity (Wildman–Crippen MR) is 49.1 cm³/mol. The van der Waals surface area contributed by atoms with E-state index in [0.717, 1.165) is 0 Å². The van der Waals surface area contributed by atoms with Crippen LogP contribution in [0.5, 0.6) is 0 Å². The maximum Gasteiger partial charge on any atom is 0.225 e. The first-order chi connectivity index (χ1) is 5.61. The van der Waals surface area contributed by atoms with E-state index in [2.05, 4.69) is 15.9 Å². The molecule has 0 aliphatic rings. The predicted octanol–water partition coefficient (Wildman–Crippen LogP) is 4.25. The normalized spacial score (nSPS) is 12.7. The molecular weight excluding hydrogens is 249 g/mol. The molecule has 0 aliphatic carbocycles. The van der Waals surface area contributed by atoms with Crippen molar-refractivity contribution < 1.29 is 8.78 Å². The zero-order valence-corrected chi connectivity index (χ0v) is 8.16. The fourth-order valence-electron chi connectivity index (χ4n) is 0.734. The van der Waals surface area contributed by atoms with Crippen LogP contribution in [0.3, 0.4) is 0 Å². The van der Waals surface area contributed by atoms with Crippen molar-refractivity contribution in [1.82, 2.24) is 0 Å². The van der Waals surface area contributed by atoms with Crippen molar-refractivity contribution in [2.45, 2.75) is 0 Å². The Labute approximate surface area is 82.0 Å². The molecule has 0 N–H and O–H groups in total. The van der Waals surface area contributed by atoms with Crippen LogP contribution >= 0.6 is 27.5 Å². The third kappa shape index (κ3) is 2.29. The Morgan fingerprint density at radius 1 is 1.33 bits per heavy atom. The molecule has 0 nitrogen and oxygen atoms in total. The Balaban J connectivity index is 3.13. The van der Waals surface area contributed by atoms with Crippen LogP contribution in [0.4, 0.5) is 8.78 Å². The zero-order chi connectivity index (χ0) is 9.14. The van der Waals surface area contributed by atoms with Crippen molar-refractivity contribution in [3.05, 3.63) is 39.6 Å². The Hall–Kier alpha value is -0.410. The molecule has 1 aromatic rings. The summed E-state index contributed by atoms with van der Waals surface area (Å²) >= 11 is 7.96. The summed E-state index contributed by atoms with van der Waals surface area (Å²) in [6.45, 7) is 0. The van der Waals surface area contributed by atoms with Crippen LogP contribution in [0.25, 0.3) is 5.83 Å². The fraction of sp³-hybridized carbons (Fsp3) is 0. The topological polar surface area (TPSA) is 0 Å². The van der Waals surface area contributed by atoms with Gasteiger partial charge < -0.3 is 0 Å². The van der Waals surface area contributed by atoms with Crippen LogP contribution in [-0.2, 0) is 0 Å². The largest absolute Gasteiger partial charge is 0.225 e. The molecule has 0 radical (unpaired) electrons. The standard InChI is InChI=1S/C8H4BrClF2/c9-6-3-1-2-5(4-6)7(11)8(10)12/h1-4H. The number of rotatable bonds is 1.